The summed E-state index contributed by atoms with van der Waals surface area (Å²) in [4.78, 5) is 7.04. The van der Waals surface area contributed by atoms with Gasteiger partial charge in [-0.1, -0.05) is 18.9 Å². The first-order chi connectivity index (χ1) is 10.7. The molecule has 1 aliphatic heterocycles. The van der Waals surface area contributed by atoms with E-state index < -0.39 is 0 Å². The van der Waals surface area contributed by atoms with Gasteiger partial charge in [0.1, 0.15) is 17.6 Å². The number of piperidine rings is 1. The molecule has 118 valence electrons. The zero-order valence-electron chi connectivity index (χ0n) is 13.5. The SMILES string of the molecule is Cc1ccc(NC2CCN(CC3CCCC3)CC2)nc1C#N. The lowest BCUT2D eigenvalue weighted by molar-refractivity contribution is 0.189. The summed E-state index contributed by atoms with van der Waals surface area (Å²) in [5.74, 6) is 1.79. The molecule has 2 aliphatic rings. The van der Waals surface area contributed by atoms with Crippen LogP contribution in [-0.2, 0) is 0 Å². The second kappa shape index (κ2) is 7.11. The van der Waals surface area contributed by atoms with E-state index in [9.17, 15) is 0 Å². The maximum Gasteiger partial charge on any atom is 0.145 e. The summed E-state index contributed by atoms with van der Waals surface area (Å²) in [7, 11) is 0. The van der Waals surface area contributed by atoms with Crippen molar-refractivity contribution >= 4 is 5.82 Å². The largest absolute Gasteiger partial charge is 0.367 e. The number of nitrogens with zero attached hydrogens (tertiary/aromatic N) is 3. The average molecular weight is 298 g/mol. The molecular weight excluding hydrogens is 272 g/mol. The molecule has 4 nitrogen and oxygen atoms in total. The van der Waals surface area contributed by atoms with Crippen molar-refractivity contribution in [2.45, 2.75) is 51.5 Å². The number of likely N-dealkylation sites (tertiary alicyclic amines) is 1. The lowest BCUT2D eigenvalue weighted by Crippen LogP contribution is -2.41. The van der Waals surface area contributed by atoms with Crippen LogP contribution in [0.4, 0.5) is 5.82 Å². The topological polar surface area (TPSA) is 52.0 Å². The van der Waals surface area contributed by atoms with E-state index >= 15 is 0 Å². The van der Waals surface area contributed by atoms with E-state index in [-0.39, 0.29) is 0 Å². The Hall–Kier alpha value is -1.60. The highest BCUT2D eigenvalue weighted by molar-refractivity contribution is 5.43. The van der Waals surface area contributed by atoms with Crippen LogP contribution >= 0.6 is 0 Å². The highest BCUT2D eigenvalue weighted by Crippen LogP contribution is 2.26. The average Bonchev–Trinajstić information content (AvgIpc) is 3.04. The van der Waals surface area contributed by atoms with E-state index in [4.69, 9.17) is 5.26 Å². The van der Waals surface area contributed by atoms with Gasteiger partial charge in [-0.3, -0.25) is 0 Å². The number of nitriles is 1. The quantitative estimate of drug-likeness (QED) is 0.926. The fourth-order valence-corrected chi connectivity index (χ4v) is 3.75. The van der Waals surface area contributed by atoms with E-state index in [1.807, 2.05) is 19.1 Å². The molecule has 3 rings (SSSR count). The molecule has 22 heavy (non-hydrogen) atoms. The summed E-state index contributed by atoms with van der Waals surface area (Å²) in [6.07, 6.45) is 8.07. The molecule has 0 aromatic carbocycles. The Balaban J connectivity index is 1.48. The number of hydrogen-bond acceptors (Lipinski definition) is 4. The summed E-state index contributed by atoms with van der Waals surface area (Å²) in [5, 5.41) is 12.6. The van der Waals surface area contributed by atoms with Crippen LogP contribution in [-0.4, -0.2) is 35.6 Å². The number of nitrogens with one attached hydrogen (secondary N) is 1. The summed E-state index contributed by atoms with van der Waals surface area (Å²) >= 11 is 0. The summed E-state index contributed by atoms with van der Waals surface area (Å²) in [5.41, 5.74) is 1.48. The lowest BCUT2D eigenvalue weighted by atomic mass is 10.0. The third-order valence-corrected chi connectivity index (χ3v) is 5.13. The smallest absolute Gasteiger partial charge is 0.145 e. The molecule has 1 aliphatic carbocycles. The minimum absolute atomic E-state index is 0.488. The van der Waals surface area contributed by atoms with Gasteiger partial charge in [0.25, 0.3) is 0 Å². The summed E-state index contributed by atoms with van der Waals surface area (Å²) < 4.78 is 0. The van der Waals surface area contributed by atoms with Crippen molar-refractivity contribution in [3.05, 3.63) is 23.4 Å². The van der Waals surface area contributed by atoms with Crippen molar-refractivity contribution < 1.29 is 0 Å². The third-order valence-electron chi connectivity index (χ3n) is 5.13. The molecule has 1 aromatic heterocycles. The van der Waals surface area contributed by atoms with Crippen molar-refractivity contribution in [2.75, 3.05) is 25.0 Å². The molecule has 0 atom stereocenters. The van der Waals surface area contributed by atoms with Crippen LogP contribution in [0, 0.1) is 24.2 Å². The fraction of sp³-hybridized carbons (Fsp3) is 0.667. The van der Waals surface area contributed by atoms with E-state index in [1.54, 1.807) is 0 Å². The molecular formula is C18H26N4. The van der Waals surface area contributed by atoms with Crippen LogP contribution in [0.2, 0.25) is 0 Å². The predicted octanol–water partition coefficient (Wildman–Crippen LogP) is 3.33. The third kappa shape index (κ3) is 3.78. The zero-order valence-corrected chi connectivity index (χ0v) is 13.5. The molecule has 4 heteroatoms. The van der Waals surface area contributed by atoms with Gasteiger partial charge in [-0.05, 0) is 50.2 Å². The maximum atomic E-state index is 9.07. The molecule has 0 spiro atoms. The Bertz CT molecular complexity index is 535. The molecule has 1 saturated heterocycles. The molecule has 0 amide bonds. The number of pyridine rings is 1. The van der Waals surface area contributed by atoms with Crippen molar-refractivity contribution in [3.63, 3.8) is 0 Å². The van der Waals surface area contributed by atoms with Crippen molar-refractivity contribution in [3.8, 4) is 6.07 Å². The van der Waals surface area contributed by atoms with Crippen LogP contribution in [0.1, 0.15) is 49.8 Å². The molecule has 0 bridgehead atoms. The number of hydrogen-bond donors (Lipinski definition) is 1. The first-order valence-corrected chi connectivity index (χ1v) is 8.61. The summed E-state index contributed by atoms with van der Waals surface area (Å²) in [6.45, 7) is 5.60. The highest BCUT2D eigenvalue weighted by Gasteiger charge is 2.23. The predicted molar refractivity (Wildman–Crippen MR) is 88.7 cm³/mol. The van der Waals surface area contributed by atoms with E-state index in [1.165, 1.54) is 58.2 Å². The van der Waals surface area contributed by atoms with Gasteiger partial charge in [0.15, 0.2) is 0 Å². The van der Waals surface area contributed by atoms with Crippen molar-refractivity contribution in [2.24, 2.45) is 5.92 Å². The second-order valence-electron chi connectivity index (χ2n) is 6.84. The molecule has 0 unspecified atom stereocenters. The minimum atomic E-state index is 0.488. The zero-order chi connectivity index (χ0) is 15.4. The molecule has 1 aromatic rings. The molecule has 2 heterocycles. The molecule has 1 saturated carbocycles. The lowest BCUT2D eigenvalue weighted by Gasteiger charge is -2.34. The maximum absolute atomic E-state index is 9.07. The molecule has 0 radical (unpaired) electrons. The van der Waals surface area contributed by atoms with Gasteiger partial charge in [0.2, 0.25) is 0 Å². The van der Waals surface area contributed by atoms with Crippen LogP contribution in [0.25, 0.3) is 0 Å². The van der Waals surface area contributed by atoms with Crippen molar-refractivity contribution in [1.29, 1.82) is 5.26 Å². The van der Waals surface area contributed by atoms with E-state index in [2.05, 4.69) is 21.3 Å². The van der Waals surface area contributed by atoms with E-state index in [0.29, 0.717) is 11.7 Å². The van der Waals surface area contributed by atoms with Gasteiger partial charge < -0.3 is 10.2 Å². The monoisotopic (exact) mass is 298 g/mol. The second-order valence-corrected chi connectivity index (χ2v) is 6.84. The Morgan fingerprint density at radius 2 is 1.95 bits per heavy atom. The van der Waals surface area contributed by atoms with Gasteiger partial charge in [0, 0.05) is 25.7 Å². The first-order valence-electron chi connectivity index (χ1n) is 8.61. The van der Waals surface area contributed by atoms with E-state index in [0.717, 1.165) is 17.3 Å². The van der Waals surface area contributed by atoms with Crippen LogP contribution in [0.15, 0.2) is 12.1 Å². The Labute approximate surface area is 133 Å². The number of anilines is 1. The fourth-order valence-electron chi connectivity index (χ4n) is 3.75. The molecule has 2 fully saturated rings. The summed E-state index contributed by atoms with van der Waals surface area (Å²) in [6, 6.07) is 6.61. The molecule has 1 N–H and O–H groups in total. The van der Waals surface area contributed by atoms with Crippen LogP contribution in [0.5, 0.6) is 0 Å². The van der Waals surface area contributed by atoms with Gasteiger partial charge in [0.05, 0.1) is 0 Å². The number of aromatic nitrogens is 1. The van der Waals surface area contributed by atoms with Gasteiger partial charge in [-0.15, -0.1) is 0 Å². The van der Waals surface area contributed by atoms with Gasteiger partial charge in [-0.2, -0.15) is 5.26 Å². The van der Waals surface area contributed by atoms with Crippen LogP contribution in [0.3, 0.4) is 0 Å². The van der Waals surface area contributed by atoms with Crippen molar-refractivity contribution in [1.82, 2.24) is 9.88 Å². The number of aryl methyl sites for hydroxylation is 1. The minimum Gasteiger partial charge on any atom is -0.367 e. The standard InChI is InChI=1S/C18H26N4/c1-14-6-7-18(21-17(14)12-19)20-16-8-10-22(11-9-16)13-15-4-2-3-5-15/h6-7,15-16H,2-5,8-11,13H2,1H3,(H,20,21). The Morgan fingerprint density at radius 1 is 1.23 bits per heavy atom. The Morgan fingerprint density at radius 3 is 2.64 bits per heavy atom. The normalized spacial score (nSPS) is 20.9. The number of rotatable bonds is 4. The van der Waals surface area contributed by atoms with Gasteiger partial charge in [-0.25, -0.2) is 4.98 Å². The highest BCUT2D eigenvalue weighted by atomic mass is 15.1. The first kappa shape index (κ1) is 15.3. The van der Waals surface area contributed by atoms with Crippen LogP contribution < -0.4 is 5.32 Å². The van der Waals surface area contributed by atoms with Gasteiger partial charge >= 0.3 is 0 Å². The Kier molecular flexibility index (Phi) is 4.94.